The quantitative estimate of drug-likeness (QED) is 0.470. The lowest BCUT2D eigenvalue weighted by molar-refractivity contribution is -0.137. The Labute approximate surface area is 193 Å². The van der Waals surface area contributed by atoms with Crippen molar-refractivity contribution in [2.75, 3.05) is 13.7 Å². The van der Waals surface area contributed by atoms with E-state index in [9.17, 15) is 14.3 Å². The maximum atomic E-state index is 14.3. The Kier molecular flexibility index (Phi) is 5.79. The fraction of sp³-hybridized carbons (Fsp3) is 0.321. The minimum atomic E-state index is -0.744. The highest BCUT2D eigenvalue weighted by atomic mass is 19.1. The summed E-state index contributed by atoms with van der Waals surface area (Å²) < 4.78 is 25.6. The molecule has 170 valence electrons. The van der Waals surface area contributed by atoms with Crippen LogP contribution in [0.4, 0.5) is 4.39 Å². The lowest BCUT2D eigenvalue weighted by Gasteiger charge is -2.27. The van der Waals surface area contributed by atoms with E-state index in [4.69, 9.17) is 9.47 Å². The van der Waals surface area contributed by atoms with Crippen molar-refractivity contribution >= 4 is 5.97 Å². The Morgan fingerprint density at radius 1 is 1.12 bits per heavy atom. The second-order valence-electron chi connectivity index (χ2n) is 9.09. The van der Waals surface area contributed by atoms with E-state index in [2.05, 4.69) is 6.07 Å². The van der Waals surface area contributed by atoms with Crippen LogP contribution >= 0.6 is 0 Å². The van der Waals surface area contributed by atoms with Crippen molar-refractivity contribution in [2.45, 2.75) is 37.5 Å². The third kappa shape index (κ3) is 4.58. The first-order chi connectivity index (χ1) is 16.0. The maximum Gasteiger partial charge on any atom is 0.303 e. The highest BCUT2D eigenvalue weighted by molar-refractivity contribution is 5.68. The number of methoxy groups -OCH3 is 1. The molecule has 1 fully saturated rings. The first-order valence-electron chi connectivity index (χ1n) is 11.4. The second kappa shape index (κ2) is 8.89. The molecule has 3 aromatic carbocycles. The zero-order chi connectivity index (χ0) is 22.9. The summed E-state index contributed by atoms with van der Waals surface area (Å²) in [7, 11) is 1.57. The van der Waals surface area contributed by atoms with Gasteiger partial charge < -0.3 is 14.6 Å². The van der Waals surface area contributed by atoms with Crippen molar-refractivity contribution in [2.24, 2.45) is 5.92 Å². The molecule has 0 radical (unpaired) electrons. The monoisotopic (exact) mass is 446 g/mol. The van der Waals surface area contributed by atoms with E-state index in [0.717, 1.165) is 47.3 Å². The lowest BCUT2D eigenvalue weighted by Crippen LogP contribution is -2.20. The average molecular weight is 447 g/mol. The van der Waals surface area contributed by atoms with Gasteiger partial charge in [-0.1, -0.05) is 36.4 Å². The number of ether oxygens (including phenoxy) is 2. The molecule has 0 aromatic heterocycles. The van der Waals surface area contributed by atoms with Crippen molar-refractivity contribution in [3.8, 4) is 22.6 Å². The highest BCUT2D eigenvalue weighted by Gasteiger charge is 2.34. The molecular weight excluding hydrogens is 419 g/mol. The molecule has 1 saturated carbocycles. The number of halogens is 1. The van der Waals surface area contributed by atoms with E-state index in [1.807, 2.05) is 36.4 Å². The molecular formula is C28H27FO4. The van der Waals surface area contributed by atoms with Crippen LogP contribution in [0.2, 0.25) is 0 Å². The Morgan fingerprint density at radius 3 is 2.61 bits per heavy atom. The second-order valence-corrected chi connectivity index (χ2v) is 9.09. The number of rotatable bonds is 7. The van der Waals surface area contributed by atoms with Crippen LogP contribution in [-0.4, -0.2) is 24.8 Å². The van der Waals surface area contributed by atoms with Gasteiger partial charge in [-0.05, 0) is 77.6 Å². The van der Waals surface area contributed by atoms with E-state index in [-0.39, 0.29) is 24.1 Å². The fourth-order valence-electron chi connectivity index (χ4n) is 4.89. The number of carboxylic acids is 1. The molecule has 2 atom stereocenters. The van der Waals surface area contributed by atoms with Gasteiger partial charge in [0.05, 0.1) is 20.1 Å². The van der Waals surface area contributed by atoms with Gasteiger partial charge in [0.15, 0.2) is 0 Å². The summed E-state index contributed by atoms with van der Waals surface area (Å²) >= 11 is 0. The summed E-state index contributed by atoms with van der Waals surface area (Å²) in [5, 5.41) is 9.35. The van der Waals surface area contributed by atoms with E-state index < -0.39 is 5.97 Å². The Hall–Kier alpha value is -3.34. The minimum Gasteiger partial charge on any atom is -0.497 e. The fourth-order valence-corrected chi connectivity index (χ4v) is 4.89. The molecule has 2 unspecified atom stereocenters. The Bertz CT molecular complexity index is 1170. The van der Waals surface area contributed by atoms with Gasteiger partial charge in [-0.25, -0.2) is 4.39 Å². The van der Waals surface area contributed by atoms with Crippen molar-refractivity contribution < 1.29 is 23.8 Å². The summed E-state index contributed by atoms with van der Waals surface area (Å²) in [6, 6.07) is 18.9. The van der Waals surface area contributed by atoms with Crippen LogP contribution in [0.15, 0.2) is 60.7 Å². The van der Waals surface area contributed by atoms with Gasteiger partial charge in [0.1, 0.15) is 17.3 Å². The summed E-state index contributed by atoms with van der Waals surface area (Å²) in [5.74, 6) is 1.22. The van der Waals surface area contributed by atoms with Crippen LogP contribution in [0.1, 0.15) is 47.8 Å². The third-order valence-corrected chi connectivity index (χ3v) is 6.87. The number of carbonyl (C=O) groups is 1. The average Bonchev–Trinajstić information content (AvgIpc) is 3.68. The molecule has 0 spiro atoms. The van der Waals surface area contributed by atoms with Crippen LogP contribution in [-0.2, 0) is 11.2 Å². The predicted molar refractivity (Wildman–Crippen MR) is 124 cm³/mol. The number of aliphatic carboxylic acids is 1. The van der Waals surface area contributed by atoms with Crippen LogP contribution in [0, 0.1) is 11.7 Å². The van der Waals surface area contributed by atoms with E-state index in [1.165, 1.54) is 6.07 Å². The molecule has 3 aromatic rings. The molecule has 5 heteroatoms. The summed E-state index contributed by atoms with van der Waals surface area (Å²) in [6.07, 6.45) is 3.22. The van der Waals surface area contributed by atoms with Crippen molar-refractivity contribution in [3.05, 3.63) is 83.2 Å². The number of fused-ring (bicyclic) bond motifs is 1. The lowest BCUT2D eigenvalue weighted by atomic mass is 9.85. The standard InChI is InChI=1S/C28H27FO4/c1-32-23-9-10-26(29)25(14-23)19-4-2-17(3-5-19)22-13-21-12-20(8-11-27(21)33-16-22)24(15-28(30)31)18-6-7-18/h2-5,8-12,14,18,22,24H,6-7,13,15-16H2,1H3,(H,30,31). The molecule has 4 nitrogen and oxygen atoms in total. The van der Waals surface area contributed by atoms with Crippen LogP contribution in [0.5, 0.6) is 11.5 Å². The zero-order valence-electron chi connectivity index (χ0n) is 18.6. The maximum absolute atomic E-state index is 14.3. The summed E-state index contributed by atoms with van der Waals surface area (Å²) in [5.41, 5.74) is 4.69. The van der Waals surface area contributed by atoms with Gasteiger partial charge in [0, 0.05) is 11.5 Å². The molecule has 0 bridgehead atoms. The zero-order valence-corrected chi connectivity index (χ0v) is 18.6. The number of carboxylic acid groups (broad SMARTS) is 1. The summed E-state index contributed by atoms with van der Waals surface area (Å²) in [6.45, 7) is 0.584. The first kappa shape index (κ1) is 21.5. The predicted octanol–water partition coefficient (Wildman–Crippen LogP) is 6.19. The largest absolute Gasteiger partial charge is 0.497 e. The molecule has 0 saturated heterocycles. The molecule has 5 rings (SSSR count). The minimum absolute atomic E-state index is 0.0743. The van der Waals surface area contributed by atoms with Crippen molar-refractivity contribution in [1.82, 2.24) is 0 Å². The molecule has 33 heavy (non-hydrogen) atoms. The van der Waals surface area contributed by atoms with Crippen molar-refractivity contribution in [3.63, 3.8) is 0 Å². The molecule has 1 aliphatic heterocycles. The Balaban J connectivity index is 1.36. The third-order valence-electron chi connectivity index (χ3n) is 6.87. The van der Waals surface area contributed by atoms with Gasteiger partial charge >= 0.3 is 5.97 Å². The molecule has 1 heterocycles. The van der Waals surface area contributed by atoms with Gasteiger partial charge in [0.2, 0.25) is 0 Å². The van der Waals surface area contributed by atoms with Gasteiger partial charge in [-0.3, -0.25) is 4.79 Å². The van der Waals surface area contributed by atoms with Crippen LogP contribution in [0.25, 0.3) is 11.1 Å². The summed E-state index contributed by atoms with van der Waals surface area (Å²) in [4.78, 5) is 11.4. The van der Waals surface area contributed by atoms with Crippen LogP contribution < -0.4 is 9.47 Å². The smallest absolute Gasteiger partial charge is 0.303 e. The van der Waals surface area contributed by atoms with E-state index >= 15 is 0 Å². The van der Waals surface area contributed by atoms with Gasteiger partial charge in [-0.2, -0.15) is 0 Å². The van der Waals surface area contributed by atoms with Gasteiger partial charge in [0.25, 0.3) is 0 Å². The highest BCUT2D eigenvalue weighted by Crippen LogP contribution is 2.46. The molecule has 1 N–H and O–H groups in total. The topological polar surface area (TPSA) is 55.8 Å². The molecule has 1 aliphatic carbocycles. The van der Waals surface area contributed by atoms with E-state index in [0.29, 0.717) is 23.8 Å². The molecule has 0 amide bonds. The van der Waals surface area contributed by atoms with Gasteiger partial charge in [-0.15, -0.1) is 0 Å². The Morgan fingerprint density at radius 2 is 1.91 bits per heavy atom. The van der Waals surface area contributed by atoms with Crippen LogP contribution in [0.3, 0.4) is 0 Å². The number of hydrogen-bond acceptors (Lipinski definition) is 3. The number of hydrogen-bond donors (Lipinski definition) is 1. The molecule has 2 aliphatic rings. The van der Waals surface area contributed by atoms with Crippen molar-refractivity contribution in [1.29, 1.82) is 0 Å². The first-order valence-corrected chi connectivity index (χ1v) is 11.4. The SMILES string of the molecule is COc1ccc(F)c(-c2ccc(C3COc4ccc(C(CC(=O)O)C5CC5)cc4C3)cc2)c1. The number of benzene rings is 3. The van der Waals surface area contributed by atoms with E-state index in [1.54, 1.807) is 19.2 Å². The normalized spacial score (nSPS) is 18.2.